The van der Waals surface area contributed by atoms with E-state index in [1.165, 1.54) is 0 Å². The first-order valence-electron chi connectivity index (χ1n) is 9.00. The molecule has 140 valence electrons. The summed E-state index contributed by atoms with van der Waals surface area (Å²) in [4.78, 5) is 0. The number of benzene rings is 1. The quantitative estimate of drug-likeness (QED) is 0.599. The molecule has 0 saturated carbocycles. The summed E-state index contributed by atoms with van der Waals surface area (Å²) in [6.07, 6.45) is 3.86. The van der Waals surface area contributed by atoms with Crippen LogP contribution in [-0.4, -0.2) is 38.8 Å². The van der Waals surface area contributed by atoms with Gasteiger partial charge in [0.25, 0.3) is 0 Å². The monoisotopic (exact) mass is 364 g/mol. The number of aliphatic hydroxyl groups is 1. The van der Waals surface area contributed by atoms with Crippen LogP contribution in [0.1, 0.15) is 39.0 Å². The molecule has 1 aromatic rings. The standard InChI is InChI=1S/C20H32O4Si/c1-20(2,3)25(4,5)24-18-15-22-19(16-11-7-6-8-12-16)23-17(18)13-9-10-14-21/h6-12,17-19,21H,13-15H2,1-5H3/b10-9+/t17-,18+,19+/m0/s1. The highest BCUT2D eigenvalue weighted by molar-refractivity contribution is 6.74. The van der Waals surface area contributed by atoms with Crippen molar-refractivity contribution in [3.05, 3.63) is 48.0 Å². The van der Waals surface area contributed by atoms with Gasteiger partial charge in [-0.2, -0.15) is 0 Å². The van der Waals surface area contributed by atoms with Crippen LogP contribution in [0.3, 0.4) is 0 Å². The average Bonchev–Trinajstić information content (AvgIpc) is 2.56. The Labute approximate surface area is 152 Å². The molecule has 1 aromatic carbocycles. The lowest BCUT2D eigenvalue weighted by atomic mass is 10.1. The van der Waals surface area contributed by atoms with Gasteiger partial charge in [-0.1, -0.05) is 63.3 Å². The lowest BCUT2D eigenvalue weighted by molar-refractivity contribution is -0.252. The van der Waals surface area contributed by atoms with Crippen molar-refractivity contribution >= 4 is 8.32 Å². The number of rotatable bonds is 6. The Morgan fingerprint density at radius 3 is 2.48 bits per heavy atom. The summed E-state index contributed by atoms with van der Waals surface area (Å²) >= 11 is 0. The molecule has 0 bridgehead atoms. The number of hydrogen-bond donors (Lipinski definition) is 1. The van der Waals surface area contributed by atoms with E-state index in [1.807, 2.05) is 36.4 Å². The molecule has 1 saturated heterocycles. The van der Waals surface area contributed by atoms with Crippen molar-refractivity contribution in [2.45, 2.75) is 63.8 Å². The van der Waals surface area contributed by atoms with Gasteiger partial charge in [-0.25, -0.2) is 0 Å². The molecule has 0 spiro atoms. The van der Waals surface area contributed by atoms with Crippen LogP contribution in [0.5, 0.6) is 0 Å². The molecule has 1 heterocycles. The van der Waals surface area contributed by atoms with Crippen molar-refractivity contribution in [1.29, 1.82) is 0 Å². The van der Waals surface area contributed by atoms with Crippen LogP contribution in [0.15, 0.2) is 42.5 Å². The highest BCUT2D eigenvalue weighted by atomic mass is 28.4. The van der Waals surface area contributed by atoms with Crippen molar-refractivity contribution in [1.82, 2.24) is 0 Å². The second kappa shape index (κ2) is 8.60. The van der Waals surface area contributed by atoms with Crippen LogP contribution in [0.25, 0.3) is 0 Å². The van der Waals surface area contributed by atoms with Crippen LogP contribution in [0.2, 0.25) is 18.1 Å². The molecule has 0 unspecified atom stereocenters. The summed E-state index contributed by atoms with van der Waals surface area (Å²) in [6, 6.07) is 9.99. The first kappa shape index (κ1) is 20.3. The molecule has 4 nitrogen and oxygen atoms in total. The maximum atomic E-state index is 9.01. The van der Waals surface area contributed by atoms with E-state index in [2.05, 4.69) is 33.9 Å². The molecular formula is C20H32O4Si. The van der Waals surface area contributed by atoms with Gasteiger partial charge in [-0.3, -0.25) is 0 Å². The minimum absolute atomic E-state index is 0.0408. The molecular weight excluding hydrogens is 332 g/mol. The van der Waals surface area contributed by atoms with Crippen LogP contribution >= 0.6 is 0 Å². The molecule has 0 aromatic heterocycles. The predicted octanol–water partition coefficient (Wildman–Crippen LogP) is 4.43. The van der Waals surface area contributed by atoms with Crippen LogP contribution in [-0.2, 0) is 13.9 Å². The van der Waals surface area contributed by atoms with Crippen molar-refractivity contribution in [2.24, 2.45) is 0 Å². The number of ether oxygens (including phenoxy) is 2. The summed E-state index contributed by atoms with van der Waals surface area (Å²) in [5.41, 5.74) is 1.02. The highest BCUT2D eigenvalue weighted by Gasteiger charge is 2.43. The van der Waals surface area contributed by atoms with Crippen molar-refractivity contribution in [3.8, 4) is 0 Å². The lowest BCUT2D eigenvalue weighted by Crippen LogP contribution is -2.51. The lowest BCUT2D eigenvalue weighted by Gasteiger charge is -2.44. The molecule has 1 aliphatic rings. The van der Waals surface area contributed by atoms with Gasteiger partial charge in [0.1, 0.15) is 0 Å². The Hall–Kier alpha value is -0.983. The minimum atomic E-state index is -1.92. The third-order valence-corrected chi connectivity index (χ3v) is 9.59. The SMILES string of the molecule is CC(C)(C)[Si](C)(C)O[C@@H]1CO[C@@H](c2ccccc2)O[C@H]1C/C=C/CO. The zero-order chi connectivity index (χ0) is 18.5. The zero-order valence-electron chi connectivity index (χ0n) is 16.1. The van der Waals surface area contributed by atoms with E-state index in [0.29, 0.717) is 13.0 Å². The second-order valence-corrected chi connectivity index (χ2v) is 12.8. The summed E-state index contributed by atoms with van der Waals surface area (Å²) in [6.45, 7) is 11.8. The van der Waals surface area contributed by atoms with Crippen LogP contribution < -0.4 is 0 Å². The average molecular weight is 365 g/mol. The van der Waals surface area contributed by atoms with Gasteiger partial charge in [0.15, 0.2) is 14.6 Å². The molecule has 0 aliphatic carbocycles. The largest absolute Gasteiger partial charge is 0.409 e. The fourth-order valence-electron chi connectivity index (χ4n) is 2.54. The summed E-state index contributed by atoms with van der Waals surface area (Å²) in [7, 11) is -1.92. The van der Waals surface area contributed by atoms with Gasteiger partial charge in [0.2, 0.25) is 0 Å². The smallest absolute Gasteiger partial charge is 0.192 e. The van der Waals surface area contributed by atoms with Gasteiger partial charge in [-0.15, -0.1) is 0 Å². The molecule has 5 heteroatoms. The normalized spacial score (nSPS) is 25.4. The molecule has 1 N–H and O–H groups in total. The Balaban J connectivity index is 2.12. The van der Waals surface area contributed by atoms with E-state index in [1.54, 1.807) is 6.08 Å². The minimum Gasteiger partial charge on any atom is -0.409 e. The molecule has 2 rings (SSSR count). The third-order valence-electron chi connectivity index (χ3n) is 5.09. The third kappa shape index (κ3) is 5.49. The van der Waals surface area contributed by atoms with Gasteiger partial charge in [-0.05, 0) is 24.6 Å². The summed E-state index contributed by atoms with van der Waals surface area (Å²) < 4.78 is 18.8. The molecule has 1 aliphatic heterocycles. The van der Waals surface area contributed by atoms with E-state index in [-0.39, 0.29) is 30.1 Å². The van der Waals surface area contributed by atoms with Crippen molar-refractivity contribution < 1.29 is 19.0 Å². The molecule has 0 radical (unpaired) electrons. The van der Waals surface area contributed by atoms with Crippen LogP contribution in [0.4, 0.5) is 0 Å². The number of aliphatic hydroxyl groups excluding tert-OH is 1. The fraction of sp³-hybridized carbons (Fsp3) is 0.600. The Morgan fingerprint density at radius 2 is 1.88 bits per heavy atom. The van der Waals surface area contributed by atoms with Gasteiger partial charge >= 0.3 is 0 Å². The van der Waals surface area contributed by atoms with Crippen LogP contribution in [0, 0.1) is 0 Å². The van der Waals surface area contributed by atoms with Gasteiger partial charge in [0.05, 0.1) is 25.4 Å². The molecule has 3 atom stereocenters. The summed E-state index contributed by atoms with van der Waals surface area (Å²) in [5, 5.41) is 9.14. The summed E-state index contributed by atoms with van der Waals surface area (Å²) in [5.74, 6) is 0. The van der Waals surface area contributed by atoms with E-state index >= 15 is 0 Å². The van der Waals surface area contributed by atoms with Crippen molar-refractivity contribution in [2.75, 3.05) is 13.2 Å². The van der Waals surface area contributed by atoms with Gasteiger partial charge in [0, 0.05) is 5.56 Å². The maximum Gasteiger partial charge on any atom is 0.192 e. The van der Waals surface area contributed by atoms with E-state index in [9.17, 15) is 0 Å². The Morgan fingerprint density at radius 1 is 1.20 bits per heavy atom. The second-order valence-electron chi connectivity index (χ2n) is 8.06. The van der Waals surface area contributed by atoms with E-state index < -0.39 is 8.32 Å². The van der Waals surface area contributed by atoms with Gasteiger partial charge < -0.3 is 19.0 Å². The van der Waals surface area contributed by atoms with Crippen molar-refractivity contribution in [3.63, 3.8) is 0 Å². The fourth-order valence-corrected chi connectivity index (χ4v) is 3.87. The Kier molecular flexibility index (Phi) is 6.99. The topological polar surface area (TPSA) is 47.9 Å². The molecule has 0 amide bonds. The first-order chi connectivity index (χ1) is 11.7. The molecule has 1 fully saturated rings. The predicted molar refractivity (Wildman–Crippen MR) is 103 cm³/mol. The Bertz CT molecular complexity index is 551. The maximum absolute atomic E-state index is 9.01. The number of hydrogen-bond acceptors (Lipinski definition) is 4. The zero-order valence-corrected chi connectivity index (χ0v) is 17.1. The first-order valence-corrected chi connectivity index (χ1v) is 11.9. The van der Waals surface area contributed by atoms with E-state index in [0.717, 1.165) is 5.56 Å². The van der Waals surface area contributed by atoms with E-state index in [4.69, 9.17) is 19.0 Å². The highest BCUT2D eigenvalue weighted by Crippen LogP contribution is 2.39. The molecule has 25 heavy (non-hydrogen) atoms.